The Bertz CT molecular complexity index is 1210. The van der Waals surface area contributed by atoms with Crippen molar-refractivity contribution in [2.24, 2.45) is 0 Å². The highest BCUT2D eigenvalue weighted by Crippen LogP contribution is 2.32. The third-order valence-corrected chi connectivity index (χ3v) is 4.57. The van der Waals surface area contributed by atoms with E-state index in [9.17, 15) is 4.79 Å². The predicted octanol–water partition coefficient (Wildman–Crippen LogP) is 2.66. The van der Waals surface area contributed by atoms with Gasteiger partial charge in [0.1, 0.15) is 16.8 Å². The van der Waals surface area contributed by atoms with Gasteiger partial charge in [-0.15, -0.1) is 0 Å². The molecule has 0 bridgehead atoms. The molecule has 3 heterocycles. The Balaban J connectivity index is 1.59. The largest absolute Gasteiger partial charge is 0.497 e. The Morgan fingerprint density at radius 3 is 2.96 bits per heavy atom. The summed E-state index contributed by atoms with van der Waals surface area (Å²) in [5.74, 6) is 2.14. The SMILES string of the molecule is COc1ccc2[nH]c3c(=O)n(Cc4ccc5c(c4)OCO5)cnc3c2c1. The first-order chi connectivity index (χ1) is 12.7. The number of fused-ring (bicyclic) bond motifs is 4. The van der Waals surface area contributed by atoms with Crippen LogP contribution < -0.4 is 19.8 Å². The number of methoxy groups -OCH3 is 1. The van der Waals surface area contributed by atoms with Crippen LogP contribution in [0.15, 0.2) is 47.5 Å². The quantitative estimate of drug-likeness (QED) is 0.615. The van der Waals surface area contributed by atoms with Gasteiger partial charge in [0.05, 0.1) is 20.0 Å². The van der Waals surface area contributed by atoms with Gasteiger partial charge < -0.3 is 19.2 Å². The number of aromatic amines is 1. The van der Waals surface area contributed by atoms with E-state index < -0.39 is 0 Å². The Kier molecular flexibility index (Phi) is 3.15. The maximum Gasteiger partial charge on any atom is 0.277 e. The van der Waals surface area contributed by atoms with Crippen molar-refractivity contribution in [3.05, 3.63) is 58.6 Å². The van der Waals surface area contributed by atoms with Crippen molar-refractivity contribution in [3.8, 4) is 17.2 Å². The molecule has 1 N–H and O–H groups in total. The van der Waals surface area contributed by atoms with Gasteiger partial charge in [0.2, 0.25) is 6.79 Å². The zero-order valence-electron chi connectivity index (χ0n) is 14.0. The lowest BCUT2D eigenvalue weighted by Crippen LogP contribution is -2.21. The van der Waals surface area contributed by atoms with Crippen molar-refractivity contribution < 1.29 is 14.2 Å². The van der Waals surface area contributed by atoms with Gasteiger partial charge in [-0.25, -0.2) is 4.98 Å². The Labute approximate surface area is 147 Å². The monoisotopic (exact) mass is 349 g/mol. The minimum absolute atomic E-state index is 0.122. The summed E-state index contributed by atoms with van der Waals surface area (Å²) in [7, 11) is 1.61. The number of benzene rings is 2. The molecule has 0 radical (unpaired) electrons. The summed E-state index contributed by atoms with van der Waals surface area (Å²) in [6.07, 6.45) is 1.57. The smallest absolute Gasteiger partial charge is 0.277 e. The average Bonchev–Trinajstić information content (AvgIpc) is 3.27. The zero-order chi connectivity index (χ0) is 17.7. The molecule has 1 aliphatic rings. The minimum Gasteiger partial charge on any atom is -0.497 e. The van der Waals surface area contributed by atoms with E-state index in [0.717, 1.165) is 28.0 Å². The minimum atomic E-state index is -0.122. The third kappa shape index (κ3) is 2.21. The number of ether oxygens (including phenoxy) is 3. The van der Waals surface area contributed by atoms with Crippen molar-refractivity contribution in [1.29, 1.82) is 0 Å². The summed E-state index contributed by atoms with van der Waals surface area (Å²) in [4.78, 5) is 20.6. The van der Waals surface area contributed by atoms with Crippen LogP contribution in [0.5, 0.6) is 17.2 Å². The second-order valence-electron chi connectivity index (χ2n) is 6.13. The van der Waals surface area contributed by atoms with Gasteiger partial charge in [0.25, 0.3) is 5.56 Å². The molecule has 0 amide bonds. The molecule has 5 rings (SSSR count). The van der Waals surface area contributed by atoms with Crippen molar-refractivity contribution in [3.63, 3.8) is 0 Å². The molecule has 7 heteroatoms. The fourth-order valence-electron chi connectivity index (χ4n) is 3.24. The molecule has 2 aromatic carbocycles. The molecular weight excluding hydrogens is 334 g/mol. The standard InChI is InChI=1S/C19H15N3O4/c1-24-12-3-4-14-13(7-12)17-18(21-14)19(23)22(9-20-17)8-11-2-5-15-16(6-11)26-10-25-15/h2-7,9,21H,8,10H2,1H3. The number of rotatable bonds is 3. The molecule has 0 aliphatic carbocycles. The van der Waals surface area contributed by atoms with E-state index in [0.29, 0.717) is 23.3 Å². The molecular formula is C19H15N3O4. The molecule has 2 aromatic heterocycles. The van der Waals surface area contributed by atoms with Crippen molar-refractivity contribution in [2.45, 2.75) is 6.54 Å². The first kappa shape index (κ1) is 14.8. The van der Waals surface area contributed by atoms with Crippen molar-refractivity contribution in [1.82, 2.24) is 14.5 Å². The maximum atomic E-state index is 12.9. The summed E-state index contributed by atoms with van der Waals surface area (Å²) in [6.45, 7) is 0.627. The van der Waals surface area contributed by atoms with E-state index in [1.165, 1.54) is 0 Å². The highest BCUT2D eigenvalue weighted by atomic mass is 16.7. The summed E-state index contributed by atoms with van der Waals surface area (Å²) in [5.41, 5.74) is 2.80. The van der Waals surface area contributed by atoms with Crippen LogP contribution in [0.4, 0.5) is 0 Å². The molecule has 1 aliphatic heterocycles. The second-order valence-corrected chi connectivity index (χ2v) is 6.13. The van der Waals surface area contributed by atoms with Crippen LogP contribution in [-0.2, 0) is 6.54 Å². The number of nitrogens with zero attached hydrogens (tertiary/aromatic N) is 2. The predicted molar refractivity (Wildman–Crippen MR) is 96.1 cm³/mol. The first-order valence-electron chi connectivity index (χ1n) is 8.16. The molecule has 4 aromatic rings. The summed E-state index contributed by atoms with van der Waals surface area (Å²) < 4.78 is 17.6. The number of hydrogen-bond acceptors (Lipinski definition) is 5. The molecule has 7 nitrogen and oxygen atoms in total. The molecule has 26 heavy (non-hydrogen) atoms. The lowest BCUT2D eigenvalue weighted by atomic mass is 10.2. The molecule has 0 saturated carbocycles. The molecule has 0 unspecified atom stereocenters. The zero-order valence-corrected chi connectivity index (χ0v) is 14.0. The van der Waals surface area contributed by atoms with Gasteiger partial charge in [0.15, 0.2) is 11.5 Å². The second kappa shape index (κ2) is 5.52. The van der Waals surface area contributed by atoms with Crippen LogP contribution in [0, 0.1) is 0 Å². The normalized spacial score (nSPS) is 12.8. The van der Waals surface area contributed by atoms with Gasteiger partial charge in [-0.05, 0) is 35.9 Å². The molecule has 0 saturated heterocycles. The lowest BCUT2D eigenvalue weighted by molar-refractivity contribution is 0.174. The molecule has 0 atom stereocenters. The van der Waals surface area contributed by atoms with E-state index >= 15 is 0 Å². The summed E-state index contributed by atoms with van der Waals surface area (Å²) in [6, 6.07) is 11.3. The van der Waals surface area contributed by atoms with Gasteiger partial charge in [0, 0.05) is 10.9 Å². The molecule has 130 valence electrons. The van der Waals surface area contributed by atoms with E-state index in [1.807, 2.05) is 36.4 Å². The fourth-order valence-corrected chi connectivity index (χ4v) is 3.24. The van der Waals surface area contributed by atoms with Gasteiger partial charge >= 0.3 is 0 Å². The Morgan fingerprint density at radius 2 is 2.08 bits per heavy atom. The van der Waals surface area contributed by atoms with E-state index in [-0.39, 0.29) is 12.4 Å². The van der Waals surface area contributed by atoms with Crippen LogP contribution in [0.2, 0.25) is 0 Å². The van der Waals surface area contributed by atoms with Gasteiger partial charge in [-0.3, -0.25) is 9.36 Å². The number of hydrogen-bond donors (Lipinski definition) is 1. The van der Waals surface area contributed by atoms with Crippen LogP contribution in [-0.4, -0.2) is 28.4 Å². The maximum absolute atomic E-state index is 12.9. The highest BCUT2D eigenvalue weighted by molar-refractivity contribution is 6.04. The lowest BCUT2D eigenvalue weighted by Gasteiger charge is -2.06. The number of aromatic nitrogens is 3. The van der Waals surface area contributed by atoms with Gasteiger partial charge in [-0.2, -0.15) is 0 Å². The van der Waals surface area contributed by atoms with Crippen molar-refractivity contribution >= 4 is 21.9 Å². The molecule has 0 fully saturated rings. The first-order valence-corrected chi connectivity index (χ1v) is 8.16. The van der Waals surface area contributed by atoms with Crippen molar-refractivity contribution in [2.75, 3.05) is 13.9 Å². The highest BCUT2D eigenvalue weighted by Gasteiger charge is 2.15. The fraction of sp³-hybridized carbons (Fsp3) is 0.158. The number of H-pyrrole nitrogens is 1. The molecule has 0 spiro atoms. The van der Waals surface area contributed by atoms with Crippen LogP contribution in [0.3, 0.4) is 0 Å². The Morgan fingerprint density at radius 1 is 1.19 bits per heavy atom. The van der Waals surface area contributed by atoms with E-state index in [1.54, 1.807) is 18.0 Å². The van der Waals surface area contributed by atoms with E-state index in [2.05, 4.69) is 9.97 Å². The van der Waals surface area contributed by atoms with Gasteiger partial charge in [-0.1, -0.05) is 6.07 Å². The summed E-state index contributed by atoms with van der Waals surface area (Å²) in [5, 5.41) is 0.867. The topological polar surface area (TPSA) is 78.4 Å². The van der Waals surface area contributed by atoms with Crippen LogP contribution in [0.25, 0.3) is 21.9 Å². The number of nitrogens with one attached hydrogen (secondary N) is 1. The average molecular weight is 349 g/mol. The van der Waals surface area contributed by atoms with E-state index in [4.69, 9.17) is 14.2 Å². The van der Waals surface area contributed by atoms with Crippen LogP contribution >= 0.6 is 0 Å². The third-order valence-electron chi connectivity index (χ3n) is 4.57. The summed E-state index contributed by atoms with van der Waals surface area (Å²) >= 11 is 0. The Hall–Kier alpha value is -3.48. The van der Waals surface area contributed by atoms with Crippen LogP contribution in [0.1, 0.15) is 5.56 Å².